The Morgan fingerprint density at radius 2 is 1.81 bits per heavy atom. The highest BCUT2D eigenvalue weighted by Crippen LogP contribution is 2.18. The molecule has 1 atom stereocenters. The first-order chi connectivity index (χ1) is 7.56. The van der Waals surface area contributed by atoms with E-state index >= 15 is 0 Å². The zero-order chi connectivity index (χ0) is 11.7. The van der Waals surface area contributed by atoms with Gasteiger partial charge in [0.05, 0.1) is 0 Å². The van der Waals surface area contributed by atoms with Gasteiger partial charge in [0.25, 0.3) is 0 Å². The second-order valence-corrected chi connectivity index (χ2v) is 6.03. The van der Waals surface area contributed by atoms with Gasteiger partial charge in [0.2, 0.25) is 0 Å². The molecule has 0 bridgehead atoms. The standard InChI is InChI=1S/C13H27N3/c1-11(2)16-6-5-15(7-12(16)3)10-13-8-14(4)9-13/h11-13H,5-10H2,1-4H3/t12-/m0/s1. The van der Waals surface area contributed by atoms with Crippen molar-refractivity contribution in [2.45, 2.75) is 32.9 Å². The lowest BCUT2D eigenvalue weighted by atomic mass is 9.99. The van der Waals surface area contributed by atoms with Crippen molar-refractivity contribution in [2.24, 2.45) is 5.92 Å². The van der Waals surface area contributed by atoms with Gasteiger partial charge >= 0.3 is 0 Å². The summed E-state index contributed by atoms with van der Waals surface area (Å²) in [6, 6.07) is 1.43. The van der Waals surface area contributed by atoms with Crippen molar-refractivity contribution in [3.8, 4) is 0 Å². The third kappa shape index (κ3) is 2.76. The first-order valence-electron chi connectivity index (χ1n) is 6.73. The Labute approximate surface area is 100 Å². The van der Waals surface area contributed by atoms with Gasteiger partial charge in [0.15, 0.2) is 0 Å². The minimum Gasteiger partial charge on any atom is -0.306 e. The molecule has 0 aromatic carbocycles. The molecule has 94 valence electrons. The summed E-state index contributed by atoms with van der Waals surface area (Å²) >= 11 is 0. The highest BCUT2D eigenvalue weighted by atomic mass is 15.3. The number of hydrogen-bond acceptors (Lipinski definition) is 3. The van der Waals surface area contributed by atoms with Gasteiger partial charge < -0.3 is 9.80 Å². The van der Waals surface area contributed by atoms with E-state index in [1.807, 2.05) is 0 Å². The van der Waals surface area contributed by atoms with Crippen LogP contribution in [-0.4, -0.2) is 73.1 Å². The number of hydrogen-bond donors (Lipinski definition) is 0. The van der Waals surface area contributed by atoms with Gasteiger partial charge in [-0.1, -0.05) is 0 Å². The Bertz CT molecular complexity index is 223. The maximum Gasteiger partial charge on any atom is 0.0198 e. The van der Waals surface area contributed by atoms with Crippen molar-refractivity contribution in [2.75, 3.05) is 46.3 Å². The molecular weight excluding hydrogens is 198 g/mol. The van der Waals surface area contributed by atoms with Gasteiger partial charge in [0.1, 0.15) is 0 Å². The van der Waals surface area contributed by atoms with Crippen LogP contribution in [0, 0.1) is 5.92 Å². The Morgan fingerprint density at radius 1 is 1.12 bits per heavy atom. The van der Waals surface area contributed by atoms with Gasteiger partial charge in [-0.2, -0.15) is 0 Å². The molecule has 2 rings (SSSR count). The molecule has 0 N–H and O–H groups in total. The third-order valence-corrected chi connectivity index (χ3v) is 4.08. The first-order valence-corrected chi connectivity index (χ1v) is 6.73. The van der Waals surface area contributed by atoms with Crippen LogP contribution in [-0.2, 0) is 0 Å². The molecule has 2 aliphatic heterocycles. The van der Waals surface area contributed by atoms with Crippen molar-refractivity contribution in [1.82, 2.24) is 14.7 Å². The second-order valence-electron chi connectivity index (χ2n) is 6.03. The van der Waals surface area contributed by atoms with E-state index in [1.54, 1.807) is 0 Å². The van der Waals surface area contributed by atoms with E-state index in [4.69, 9.17) is 0 Å². The predicted octanol–water partition coefficient (Wildman–Crippen LogP) is 0.963. The Hall–Kier alpha value is -0.120. The second kappa shape index (κ2) is 5.03. The monoisotopic (exact) mass is 225 g/mol. The van der Waals surface area contributed by atoms with Gasteiger partial charge in [-0.25, -0.2) is 0 Å². The summed E-state index contributed by atoms with van der Waals surface area (Å²) in [5, 5.41) is 0. The molecule has 0 saturated carbocycles. The fourth-order valence-corrected chi connectivity index (χ4v) is 3.29. The van der Waals surface area contributed by atoms with Crippen LogP contribution in [0.2, 0.25) is 0 Å². The van der Waals surface area contributed by atoms with Crippen molar-refractivity contribution >= 4 is 0 Å². The SMILES string of the molecule is CC(C)N1CCN(CC2CN(C)C2)C[C@@H]1C. The topological polar surface area (TPSA) is 9.72 Å². The van der Waals surface area contributed by atoms with Crippen LogP contribution in [0.15, 0.2) is 0 Å². The lowest BCUT2D eigenvalue weighted by Crippen LogP contribution is -2.57. The molecule has 2 heterocycles. The van der Waals surface area contributed by atoms with Crippen LogP contribution in [0.1, 0.15) is 20.8 Å². The summed E-state index contributed by atoms with van der Waals surface area (Å²) in [5.41, 5.74) is 0. The minimum atomic E-state index is 0.701. The molecule has 0 radical (unpaired) electrons. The van der Waals surface area contributed by atoms with Gasteiger partial charge in [-0.15, -0.1) is 0 Å². The summed E-state index contributed by atoms with van der Waals surface area (Å²) < 4.78 is 0. The highest BCUT2D eigenvalue weighted by molar-refractivity contribution is 4.85. The molecule has 0 unspecified atom stereocenters. The van der Waals surface area contributed by atoms with Crippen LogP contribution in [0.4, 0.5) is 0 Å². The smallest absolute Gasteiger partial charge is 0.0198 e. The molecule has 0 aromatic rings. The number of rotatable bonds is 3. The van der Waals surface area contributed by atoms with E-state index in [9.17, 15) is 0 Å². The Balaban J connectivity index is 1.74. The zero-order valence-corrected chi connectivity index (χ0v) is 11.3. The number of likely N-dealkylation sites (tertiary alicyclic amines) is 1. The fourth-order valence-electron chi connectivity index (χ4n) is 3.29. The van der Waals surface area contributed by atoms with E-state index in [2.05, 4.69) is 42.5 Å². The number of nitrogens with zero attached hydrogens (tertiary/aromatic N) is 3. The molecule has 0 spiro atoms. The van der Waals surface area contributed by atoms with Gasteiger partial charge in [-0.05, 0) is 33.7 Å². The van der Waals surface area contributed by atoms with Crippen molar-refractivity contribution < 1.29 is 0 Å². The van der Waals surface area contributed by atoms with Crippen LogP contribution >= 0.6 is 0 Å². The van der Waals surface area contributed by atoms with Crippen molar-refractivity contribution in [1.29, 1.82) is 0 Å². The van der Waals surface area contributed by atoms with Crippen LogP contribution < -0.4 is 0 Å². The van der Waals surface area contributed by atoms with E-state index in [0.29, 0.717) is 6.04 Å². The van der Waals surface area contributed by atoms with Gasteiger partial charge in [-0.3, -0.25) is 4.90 Å². The Kier molecular flexibility index (Phi) is 3.88. The summed E-state index contributed by atoms with van der Waals surface area (Å²) in [4.78, 5) is 7.71. The van der Waals surface area contributed by atoms with E-state index < -0.39 is 0 Å². The van der Waals surface area contributed by atoms with E-state index in [-0.39, 0.29) is 0 Å². The maximum atomic E-state index is 2.67. The molecule has 2 aliphatic rings. The Morgan fingerprint density at radius 3 is 2.31 bits per heavy atom. The zero-order valence-electron chi connectivity index (χ0n) is 11.3. The van der Waals surface area contributed by atoms with Crippen molar-refractivity contribution in [3.05, 3.63) is 0 Å². The van der Waals surface area contributed by atoms with E-state index in [0.717, 1.165) is 12.0 Å². The molecule has 3 nitrogen and oxygen atoms in total. The summed E-state index contributed by atoms with van der Waals surface area (Å²) in [6.45, 7) is 14.7. The van der Waals surface area contributed by atoms with Crippen molar-refractivity contribution in [3.63, 3.8) is 0 Å². The van der Waals surface area contributed by atoms with Crippen LogP contribution in [0.25, 0.3) is 0 Å². The number of piperazine rings is 1. The largest absolute Gasteiger partial charge is 0.306 e. The summed E-state index contributed by atoms with van der Waals surface area (Å²) in [6.07, 6.45) is 0. The fraction of sp³-hybridized carbons (Fsp3) is 1.00. The maximum absolute atomic E-state index is 2.67. The van der Waals surface area contributed by atoms with Crippen LogP contribution in [0.5, 0.6) is 0 Å². The molecule has 0 aliphatic carbocycles. The lowest BCUT2D eigenvalue weighted by molar-refractivity contribution is 0.0271. The average Bonchev–Trinajstić information content (AvgIpc) is 2.15. The predicted molar refractivity (Wildman–Crippen MR) is 68.7 cm³/mol. The first kappa shape index (κ1) is 12.3. The quantitative estimate of drug-likeness (QED) is 0.708. The van der Waals surface area contributed by atoms with Gasteiger partial charge in [0, 0.05) is 51.4 Å². The summed E-state index contributed by atoms with van der Waals surface area (Å²) in [7, 11) is 2.22. The van der Waals surface area contributed by atoms with E-state index in [1.165, 1.54) is 39.3 Å². The molecule has 0 aromatic heterocycles. The molecule has 0 amide bonds. The molecule has 16 heavy (non-hydrogen) atoms. The highest BCUT2D eigenvalue weighted by Gasteiger charge is 2.30. The van der Waals surface area contributed by atoms with Crippen LogP contribution in [0.3, 0.4) is 0 Å². The lowest BCUT2D eigenvalue weighted by Gasteiger charge is -2.45. The molecule has 2 saturated heterocycles. The molecular formula is C13H27N3. The third-order valence-electron chi connectivity index (χ3n) is 4.08. The minimum absolute atomic E-state index is 0.701. The molecule has 2 fully saturated rings. The normalized spacial score (nSPS) is 30.9. The molecule has 3 heteroatoms. The summed E-state index contributed by atoms with van der Waals surface area (Å²) in [5.74, 6) is 0.933. The average molecular weight is 225 g/mol.